The van der Waals surface area contributed by atoms with Crippen molar-refractivity contribution in [1.82, 2.24) is 10.2 Å². The number of nitrogens with one attached hydrogen (secondary N) is 1. The predicted octanol–water partition coefficient (Wildman–Crippen LogP) is 2.65. The third kappa shape index (κ3) is 2.32. The Kier molecular flexibility index (Phi) is 3.43. The van der Waals surface area contributed by atoms with Gasteiger partial charge in [-0.3, -0.25) is 4.79 Å². The van der Waals surface area contributed by atoms with Crippen LogP contribution in [0.25, 0.3) is 11.1 Å². The van der Waals surface area contributed by atoms with E-state index in [1.165, 1.54) is 0 Å². The molecule has 2 heterocycles. The summed E-state index contributed by atoms with van der Waals surface area (Å²) in [6.07, 6.45) is 0. The third-order valence-electron chi connectivity index (χ3n) is 4.92. The molecular weight excluding hydrogens is 272 g/mol. The highest BCUT2D eigenvalue weighted by Crippen LogP contribution is 2.30. The summed E-state index contributed by atoms with van der Waals surface area (Å²) in [6, 6.07) is 18.1. The van der Waals surface area contributed by atoms with Crippen molar-refractivity contribution in [3.05, 3.63) is 60.2 Å². The molecule has 0 radical (unpaired) electrons. The Morgan fingerprint density at radius 3 is 2.27 bits per heavy atom. The summed E-state index contributed by atoms with van der Waals surface area (Å²) in [4.78, 5) is 15.0. The van der Waals surface area contributed by atoms with Crippen LogP contribution in [0.5, 0.6) is 0 Å². The van der Waals surface area contributed by atoms with Crippen LogP contribution in [0.15, 0.2) is 54.6 Å². The van der Waals surface area contributed by atoms with E-state index in [1.807, 2.05) is 47.4 Å². The highest BCUT2D eigenvalue weighted by Gasteiger charge is 2.38. The molecule has 2 fully saturated rings. The van der Waals surface area contributed by atoms with Crippen molar-refractivity contribution >= 4 is 5.91 Å². The number of benzene rings is 2. The summed E-state index contributed by atoms with van der Waals surface area (Å²) < 4.78 is 0. The van der Waals surface area contributed by atoms with Gasteiger partial charge in [-0.1, -0.05) is 48.5 Å². The summed E-state index contributed by atoms with van der Waals surface area (Å²) >= 11 is 0. The summed E-state index contributed by atoms with van der Waals surface area (Å²) in [6.45, 7) is 3.88. The molecule has 1 N–H and O–H groups in total. The van der Waals surface area contributed by atoms with Gasteiger partial charge in [-0.25, -0.2) is 0 Å². The van der Waals surface area contributed by atoms with Crippen molar-refractivity contribution in [2.45, 2.75) is 0 Å². The van der Waals surface area contributed by atoms with Gasteiger partial charge in [-0.05, 0) is 29.0 Å². The van der Waals surface area contributed by atoms with E-state index >= 15 is 0 Å². The van der Waals surface area contributed by atoms with Crippen LogP contribution in [0.1, 0.15) is 10.4 Å². The van der Waals surface area contributed by atoms with Crippen molar-refractivity contribution < 1.29 is 4.79 Å². The minimum absolute atomic E-state index is 0.175. The molecule has 22 heavy (non-hydrogen) atoms. The number of likely N-dealkylation sites (tertiary alicyclic amines) is 1. The van der Waals surface area contributed by atoms with Crippen molar-refractivity contribution in [2.24, 2.45) is 11.8 Å². The lowest BCUT2D eigenvalue weighted by Crippen LogP contribution is -2.32. The van der Waals surface area contributed by atoms with Gasteiger partial charge in [-0.15, -0.1) is 0 Å². The number of fused-ring (bicyclic) bond motifs is 1. The first-order valence-corrected chi connectivity index (χ1v) is 7.97. The largest absolute Gasteiger partial charge is 0.338 e. The minimum Gasteiger partial charge on any atom is -0.338 e. The molecule has 2 aliphatic heterocycles. The zero-order chi connectivity index (χ0) is 14.9. The SMILES string of the molecule is O=C(c1ccccc1-c1ccccc1)N1CC2CNCC2C1. The minimum atomic E-state index is 0.175. The smallest absolute Gasteiger partial charge is 0.254 e. The fraction of sp³-hybridized carbons (Fsp3) is 0.316. The van der Waals surface area contributed by atoms with E-state index in [-0.39, 0.29) is 5.91 Å². The molecule has 0 aliphatic carbocycles. The highest BCUT2D eigenvalue weighted by molar-refractivity contribution is 6.01. The molecule has 0 bridgehead atoms. The van der Waals surface area contributed by atoms with E-state index in [4.69, 9.17) is 0 Å². The van der Waals surface area contributed by atoms with E-state index in [9.17, 15) is 4.79 Å². The van der Waals surface area contributed by atoms with E-state index in [2.05, 4.69) is 17.4 Å². The molecule has 112 valence electrons. The van der Waals surface area contributed by atoms with Crippen LogP contribution < -0.4 is 5.32 Å². The normalized spacial score (nSPS) is 23.5. The quantitative estimate of drug-likeness (QED) is 0.923. The number of rotatable bonds is 2. The zero-order valence-electron chi connectivity index (χ0n) is 12.5. The molecule has 4 rings (SSSR count). The molecule has 1 amide bonds. The molecule has 2 aliphatic rings. The van der Waals surface area contributed by atoms with Crippen molar-refractivity contribution in [1.29, 1.82) is 0 Å². The van der Waals surface area contributed by atoms with Gasteiger partial charge in [0.2, 0.25) is 0 Å². The number of carbonyl (C=O) groups excluding carboxylic acids is 1. The number of nitrogens with zero attached hydrogens (tertiary/aromatic N) is 1. The van der Waals surface area contributed by atoms with Crippen LogP contribution in [0.4, 0.5) is 0 Å². The highest BCUT2D eigenvalue weighted by atomic mass is 16.2. The van der Waals surface area contributed by atoms with Gasteiger partial charge in [-0.2, -0.15) is 0 Å². The van der Waals surface area contributed by atoms with Crippen molar-refractivity contribution in [3.63, 3.8) is 0 Å². The molecule has 3 nitrogen and oxygen atoms in total. The summed E-state index contributed by atoms with van der Waals surface area (Å²) in [5.41, 5.74) is 2.96. The Labute approximate surface area is 131 Å². The molecule has 2 atom stereocenters. The fourth-order valence-corrected chi connectivity index (χ4v) is 3.73. The van der Waals surface area contributed by atoms with Gasteiger partial charge in [0.15, 0.2) is 0 Å². The first-order valence-electron chi connectivity index (χ1n) is 7.97. The third-order valence-corrected chi connectivity index (χ3v) is 4.92. The molecule has 2 aromatic rings. The van der Waals surface area contributed by atoms with Crippen LogP contribution in [0.3, 0.4) is 0 Å². The van der Waals surface area contributed by atoms with Crippen LogP contribution >= 0.6 is 0 Å². The number of hydrogen-bond donors (Lipinski definition) is 1. The number of carbonyl (C=O) groups is 1. The van der Waals surface area contributed by atoms with E-state index < -0.39 is 0 Å². The van der Waals surface area contributed by atoms with E-state index in [0.29, 0.717) is 11.8 Å². The maximum absolute atomic E-state index is 13.0. The number of hydrogen-bond acceptors (Lipinski definition) is 2. The maximum atomic E-state index is 13.0. The van der Waals surface area contributed by atoms with Crippen LogP contribution in [-0.2, 0) is 0 Å². The van der Waals surface area contributed by atoms with Gasteiger partial charge < -0.3 is 10.2 Å². The lowest BCUT2D eigenvalue weighted by atomic mass is 9.99. The maximum Gasteiger partial charge on any atom is 0.254 e. The Hall–Kier alpha value is -2.13. The second kappa shape index (κ2) is 5.58. The molecule has 0 aromatic heterocycles. The van der Waals surface area contributed by atoms with Crippen LogP contribution in [0, 0.1) is 11.8 Å². The molecular formula is C19H20N2O. The lowest BCUT2D eigenvalue weighted by Gasteiger charge is -2.19. The predicted molar refractivity (Wildman–Crippen MR) is 87.6 cm³/mol. The van der Waals surface area contributed by atoms with Gasteiger partial charge in [0.25, 0.3) is 5.91 Å². The van der Waals surface area contributed by atoms with Gasteiger partial charge in [0.05, 0.1) is 0 Å². The van der Waals surface area contributed by atoms with Crippen LogP contribution in [0.2, 0.25) is 0 Å². The van der Waals surface area contributed by atoms with E-state index in [1.54, 1.807) is 0 Å². The Balaban J connectivity index is 1.64. The van der Waals surface area contributed by atoms with Gasteiger partial charge in [0.1, 0.15) is 0 Å². The standard InChI is InChI=1S/C19H20N2O/c22-19(21-12-15-10-20-11-16(15)13-21)18-9-5-4-8-17(18)14-6-2-1-3-7-14/h1-9,15-16,20H,10-13H2. The molecule has 0 saturated carbocycles. The summed E-state index contributed by atoms with van der Waals surface area (Å²) in [7, 11) is 0. The number of amides is 1. The van der Waals surface area contributed by atoms with Crippen LogP contribution in [-0.4, -0.2) is 37.0 Å². The second-order valence-corrected chi connectivity index (χ2v) is 6.30. The summed E-state index contributed by atoms with van der Waals surface area (Å²) in [5, 5.41) is 3.42. The average Bonchev–Trinajstić information content (AvgIpc) is 3.17. The Morgan fingerprint density at radius 2 is 1.55 bits per heavy atom. The molecule has 2 unspecified atom stereocenters. The van der Waals surface area contributed by atoms with E-state index in [0.717, 1.165) is 42.9 Å². The Bertz CT molecular complexity index is 671. The first kappa shape index (κ1) is 13.5. The summed E-state index contributed by atoms with van der Waals surface area (Å²) in [5.74, 6) is 1.44. The van der Waals surface area contributed by atoms with Crippen molar-refractivity contribution in [3.8, 4) is 11.1 Å². The molecule has 2 saturated heterocycles. The second-order valence-electron chi connectivity index (χ2n) is 6.30. The van der Waals surface area contributed by atoms with Crippen molar-refractivity contribution in [2.75, 3.05) is 26.2 Å². The van der Waals surface area contributed by atoms with Gasteiger partial charge >= 0.3 is 0 Å². The first-order chi connectivity index (χ1) is 10.8. The average molecular weight is 292 g/mol. The molecule has 3 heteroatoms. The zero-order valence-corrected chi connectivity index (χ0v) is 12.5. The van der Waals surface area contributed by atoms with Gasteiger partial charge in [0, 0.05) is 31.7 Å². The fourth-order valence-electron chi connectivity index (χ4n) is 3.73. The lowest BCUT2D eigenvalue weighted by molar-refractivity contribution is 0.0782. The Morgan fingerprint density at radius 1 is 0.909 bits per heavy atom. The monoisotopic (exact) mass is 292 g/mol. The molecule has 0 spiro atoms. The molecule has 2 aromatic carbocycles. The topological polar surface area (TPSA) is 32.3 Å².